The third kappa shape index (κ3) is 2.30. The Balaban J connectivity index is 2.09. The Kier molecular flexibility index (Phi) is 3.34. The minimum atomic E-state index is 0.818. The smallest absolute Gasteiger partial charge is 0.00146 e. The minimum Gasteiger partial charge on any atom is -0.317 e. The van der Waals surface area contributed by atoms with Crippen LogP contribution in [-0.4, -0.2) is 13.1 Å². The molecular formula is C15H23N. The monoisotopic (exact) mass is 217 g/mol. The number of rotatable bonds is 4. The summed E-state index contributed by atoms with van der Waals surface area (Å²) in [4.78, 5) is 0. The molecule has 2 atom stereocenters. The fourth-order valence-electron chi connectivity index (χ4n) is 2.57. The van der Waals surface area contributed by atoms with Crippen LogP contribution in [0.2, 0.25) is 0 Å². The molecule has 0 amide bonds. The first-order valence-electron chi connectivity index (χ1n) is 6.42. The Hall–Kier alpha value is -0.820. The first-order valence-corrected chi connectivity index (χ1v) is 6.42. The van der Waals surface area contributed by atoms with Crippen LogP contribution in [0.4, 0.5) is 0 Å². The van der Waals surface area contributed by atoms with Crippen molar-refractivity contribution in [1.29, 1.82) is 0 Å². The van der Waals surface area contributed by atoms with Crippen molar-refractivity contribution in [2.75, 3.05) is 13.1 Å². The van der Waals surface area contributed by atoms with E-state index in [9.17, 15) is 0 Å². The molecule has 1 N–H and O–H groups in total. The minimum absolute atomic E-state index is 0.818. The second-order valence-corrected chi connectivity index (χ2v) is 5.20. The summed E-state index contributed by atoms with van der Waals surface area (Å²) in [6.07, 6.45) is 1.37. The molecule has 1 aliphatic rings. The van der Waals surface area contributed by atoms with Gasteiger partial charge in [0.2, 0.25) is 0 Å². The number of benzene rings is 1. The molecule has 1 heteroatoms. The summed E-state index contributed by atoms with van der Waals surface area (Å²) in [5.74, 6) is 1.69. The lowest BCUT2D eigenvalue weighted by Gasteiger charge is -2.09. The van der Waals surface area contributed by atoms with Gasteiger partial charge in [-0.15, -0.1) is 0 Å². The first kappa shape index (κ1) is 11.7. The molecule has 1 fully saturated rings. The van der Waals surface area contributed by atoms with Crippen LogP contribution in [0.3, 0.4) is 0 Å². The number of hydrogen-bond acceptors (Lipinski definition) is 1. The molecule has 1 nitrogen and oxygen atoms in total. The summed E-state index contributed by atoms with van der Waals surface area (Å²) in [7, 11) is 0. The van der Waals surface area contributed by atoms with Crippen molar-refractivity contribution in [3.8, 4) is 0 Å². The molecule has 0 saturated heterocycles. The molecular weight excluding hydrogens is 194 g/mol. The first-order chi connectivity index (χ1) is 7.63. The fourth-order valence-corrected chi connectivity index (χ4v) is 2.57. The van der Waals surface area contributed by atoms with Crippen molar-refractivity contribution < 1.29 is 0 Å². The van der Waals surface area contributed by atoms with E-state index in [1.165, 1.54) is 29.7 Å². The van der Waals surface area contributed by atoms with Gasteiger partial charge in [-0.3, -0.25) is 0 Å². The maximum Gasteiger partial charge on any atom is -0.00146 e. The van der Waals surface area contributed by atoms with Crippen LogP contribution in [0.25, 0.3) is 0 Å². The summed E-state index contributed by atoms with van der Waals surface area (Å²) in [6, 6.07) is 4.74. The van der Waals surface area contributed by atoms with Gasteiger partial charge in [0, 0.05) is 0 Å². The number of aryl methyl sites for hydroxylation is 3. The van der Waals surface area contributed by atoms with Gasteiger partial charge in [-0.2, -0.15) is 0 Å². The van der Waals surface area contributed by atoms with Gasteiger partial charge < -0.3 is 5.32 Å². The van der Waals surface area contributed by atoms with Crippen molar-refractivity contribution in [3.63, 3.8) is 0 Å². The van der Waals surface area contributed by atoms with Crippen LogP contribution >= 0.6 is 0 Å². The quantitative estimate of drug-likeness (QED) is 0.815. The second-order valence-electron chi connectivity index (χ2n) is 5.20. The van der Waals surface area contributed by atoms with Crippen LogP contribution in [0.5, 0.6) is 0 Å². The van der Waals surface area contributed by atoms with E-state index in [1.807, 2.05) is 0 Å². The molecule has 16 heavy (non-hydrogen) atoms. The van der Waals surface area contributed by atoms with E-state index in [1.54, 1.807) is 5.56 Å². The zero-order chi connectivity index (χ0) is 11.7. The summed E-state index contributed by atoms with van der Waals surface area (Å²) in [5, 5.41) is 3.46. The van der Waals surface area contributed by atoms with E-state index in [0.29, 0.717) is 0 Å². The fraction of sp³-hybridized carbons (Fsp3) is 0.600. The summed E-state index contributed by atoms with van der Waals surface area (Å²) in [5.41, 5.74) is 5.93. The van der Waals surface area contributed by atoms with E-state index in [2.05, 4.69) is 45.1 Å². The highest BCUT2D eigenvalue weighted by atomic mass is 14.9. The molecule has 0 aliphatic heterocycles. The predicted octanol–water partition coefficient (Wildman–Crippen LogP) is 3.32. The van der Waals surface area contributed by atoms with Crippen molar-refractivity contribution in [3.05, 3.63) is 34.4 Å². The molecule has 1 saturated carbocycles. The summed E-state index contributed by atoms with van der Waals surface area (Å²) >= 11 is 0. The zero-order valence-electron chi connectivity index (χ0n) is 10.9. The Bertz CT molecular complexity index is 381. The van der Waals surface area contributed by atoms with Crippen molar-refractivity contribution in [2.24, 2.45) is 5.92 Å². The average Bonchev–Trinajstić information content (AvgIpc) is 3.00. The van der Waals surface area contributed by atoms with Gasteiger partial charge in [0.15, 0.2) is 0 Å². The largest absolute Gasteiger partial charge is 0.317 e. The van der Waals surface area contributed by atoms with Crippen LogP contribution in [-0.2, 0) is 0 Å². The second kappa shape index (κ2) is 4.58. The van der Waals surface area contributed by atoms with Gasteiger partial charge in [0.05, 0.1) is 0 Å². The van der Waals surface area contributed by atoms with Gasteiger partial charge in [0.25, 0.3) is 0 Å². The lowest BCUT2D eigenvalue weighted by molar-refractivity contribution is 0.648. The molecule has 1 aromatic rings. The summed E-state index contributed by atoms with van der Waals surface area (Å²) < 4.78 is 0. The number of hydrogen-bond donors (Lipinski definition) is 1. The molecule has 0 heterocycles. The third-order valence-electron chi connectivity index (χ3n) is 3.86. The van der Waals surface area contributed by atoms with Crippen molar-refractivity contribution in [1.82, 2.24) is 5.32 Å². The van der Waals surface area contributed by atoms with Gasteiger partial charge in [-0.1, -0.05) is 19.1 Å². The Morgan fingerprint density at radius 3 is 2.50 bits per heavy atom. The molecule has 88 valence electrons. The predicted molar refractivity (Wildman–Crippen MR) is 70.0 cm³/mol. The highest BCUT2D eigenvalue weighted by molar-refractivity contribution is 5.40. The molecule has 2 rings (SSSR count). The molecule has 0 radical (unpaired) electrons. The molecule has 0 aromatic heterocycles. The number of nitrogens with one attached hydrogen (secondary N) is 1. The molecule has 2 unspecified atom stereocenters. The normalized spacial score (nSPS) is 23.5. The van der Waals surface area contributed by atoms with E-state index in [4.69, 9.17) is 0 Å². The van der Waals surface area contributed by atoms with Crippen molar-refractivity contribution in [2.45, 2.75) is 40.0 Å². The molecule has 0 bridgehead atoms. The van der Waals surface area contributed by atoms with E-state index in [-0.39, 0.29) is 0 Å². The van der Waals surface area contributed by atoms with E-state index < -0.39 is 0 Å². The topological polar surface area (TPSA) is 12.0 Å². The van der Waals surface area contributed by atoms with Crippen LogP contribution in [0.1, 0.15) is 41.5 Å². The van der Waals surface area contributed by atoms with Crippen molar-refractivity contribution >= 4 is 0 Å². The molecule has 1 aliphatic carbocycles. The van der Waals surface area contributed by atoms with Gasteiger partial charge >= 0.3 is 0 Å². The Morgan fingerprint density at radius 1 is 1.12 bits per heavy atom. The Labute approximate surface area is 99.3 Å². The molecule has 1 aromatic carbocycles. The lowest BCUT2D eigenvalue weighted by atomic mass is 9.97. The van der Waals surface area contributed by atoms with Gasteiger partial charge in [0.1, 0.15) is 0 Å². The van der Waals surface area contributed by atoms with Crippen LogP contribution in [0.15, 0.2) is 12.1 Å². The Morgan fingerprint density at radius 2 is 1.81 bits per heavy atom. The maximum atomic E-state index is 3.46. The lowest BCUT2D eigenvalue weighted by Crippen LogP contribution is -2.16. The highest BCUT2D eigenvalue weighted by Crippen LogP contribution is 2.48. The van der Waals surface area contributed by atoms with Gasteiger partial charge in [-0.05, 0) is 74.4 Å². The standard InChI is InChI=1S/C15H23N/c1-5-16-9-13-8-15(13)14-7-11(3)10(2)6-12(14)4/h6-7,13,15-16H,5,8-9H2,1-4H3. The SMILES string of the molecule is CCNCC1CC1c1cc(C)c(C)cc1C. The van der Waals surface area contributed by atoms with E-state index >= 15 is 0 Å². The van der Waals surface area contributed by atoms with Crippen LogP contribution < -0.4 is 5.32 Å². The highest BCUT2D eigenvalue weighted by Gasteiger charge is 2.38. The van der Waals surface area contributed by atoms with Gasteiger partial charge in [-0.25, -0.2) is 0 Å². The maximum absolute atomic E-state index is 3.46. The zero-order valence-corrected chi connectivity index (χ0v) is 10.9. The summed E-state index contributed by atoms with van der Waals surface area (Å²) in [6.45, 7) is 11.1. The van der Waals surface area contributed by atoms with E-state index in [0.717, 1.165) is 18.4 Å². The van der Waals surface area contributed by atoms with Crippen LogP contribution in [0, 0.1) is 26.7 Å². The molecule has 0 spiro atoms. The average molecular weight is 217 g/mol. The third-order valence-corrected chi connectivity index (χ3v) is 3.86.